The van der Waals surface area contributed by atoms with E-state index in [2.05, 4.69) is 0 Å². The Morgan fingerprint density at radius 1 is 1.43 bits per heavy atom. The molecule has 0 heterocycles. The van der Waals surface area contributed by atoms with E-state index in [1.54, 1.807) is 6.92 Å². The van der Waals surface area contributed by atoms with E-state index < -0.39 is 7.68 Å². The van der Waals surface area contributed by atoms with Gasteiger partial charge in [-0.05, 0) is 18.8 Å². The molecule has 1 atom stereocenters. The van der Waals surface area contributed by atoms with E-state index >= 15 is 0 Å². The van der Waals surface area contributed by atoms with Gasteiger partial charge in [0.2, 0.25) is 0 Å². The van der Waals surface area contributed by atoms with Crippen LogP contribution < -0.4 is 0 Å². The Bertz CT molecular complexity index is 202. The largest absolute Gasteiger partial charge is 0.367 e. The van der Waals surface area contributed by atoms with Gasteiger partial charge in [-0.2, -0.15) is 4.20 Å². The summed E-state index contributed by atoms with van der Waals surface area (Å²) in [6.07, 6.45) is 7.23. The molecule has 4 heteroatoms. The van der Waals surface area contributed by atoms with Gasteiger partial charge in [0.1, 0.15) is 0 Å². The van der Waals surface area contributed by atoms with Gasteiger partial charge in [-0.25, -0.2) is 0 Å². The zero-order valence-electron chi connectivity index (χ0n) is 8.88. The highest BCUT2D eigenvalue weighted by Crippen LogP contribution is 2.48. The van der Waals surface area contributed by atoms with Crippen LogP contribution in [0.2, 0.25) is 0 Å². The van der Waals surface area contributed by atoms with Crippen LogP contribution in [0.4, 0.5) is 4.20 Å². The third-order valence-corrected chi connectivity index (χ3v) is 4.22. The van der Waals surface area contributed by atoms with Crippen LogP contribution in [-0.4, -0.2) is 12.8 Å². The number of rotatable bonds is 6. The standard InChI is InChI=1S/C10H20FO2P/c1-2-14(11,12)13-9-5-8-10-6-3-4-7-10/h10H,2-9H2,1H3. The predicted molar refractivity (Wildman–Crippen MR) is 56.4 cm³/mol. The average molecular weight is 222 g/mol. The number of hydrogen-bond acceptors (Lipinski definition) is 2. The van der Waals surface area contributed by atoms with Gasteiger partial charge in [0.25, 0.3) is 0 Å². The summed E-state index contributed by atoms with van der Waals surface area (Å²) < 4.78 is 28.5. The minimum absolute atomic E-state index is 0.00354. The molecule has 1 unspecified atom stereocenters. The fourth-order valence-corrected chi connectivity index (χ4v) is 2.55. The molecule has 0 aromatic rings. The summed E-state index contributed by atoms with van der Waals surface area (Å²) in [6, 6.07) is 0. The van der Waals surface area contributed by atoms with Gasteiger partial charge >= 0.3 is 7.68 Å². The normalized spacial score (nSPS) is 22.4. The zero-order chi connectivity index (χ0) is 10.4. The molecule has 1 aliphatic carbocycles. The molecule has 0 radical (unpaired) electrons. The molecule has 0 aromatic heterocycles. The van der Waals surface area contributed by atoms with Gasteiger partial charge in [0.05, 0.1) is 12.8 Å². The summed E-state index contributed by atoms with van der Waals surface area (Å²) in [5.41, 5.74) is 0. The second kappa shape index (κ2) is 5.87. The minimum atomic E-state index is -3.73. The molecule has 84 valence electrons. The second-order valence-electron chi connectivity index (χ2n) is 4.03. The van der Waals surface area contributed by atoms with Gasteiger partial charge in [0.15, 0.2) is 0 Å². The van der Waals surface area contributed by atoms with Gasteiger partial charge in [-0.15, -0.1) is 0 Å². The lowest BCUT2D eigenvalue weighted by Crippen LogP contribution is -1.97. The van der Waals surface area contributed by atoms with Crippen molar-refractivity contribution in [3.63, 3.8) is 0 Å². The van der Waals surface area contributed by atoms with E-state index in [4.69, 9.17) is 4.52 Å². The first-order chi connectivity index (χ1) is 6.64. The van der Waals surface area contributed by atoms with E-state index in [1.165, 1.54) is 25.7 Å². The van der Waals surface area contributed by atoms with E-state index in [0.29, 0.717) is 6.61 Å². The second-order valence-corrected chi connectivity index (χ2v) is 6.10. The van der Waals surface area contributed by atoms with Gasteiger partial charge in [0, 0.05) is 0 Å². The number of halogens is 1. The van der Waals surface area contributed by atoms with E-state index in [-0.39, 0.29) is 6.16 Å². The molecule has 1 fully saturated rings. The highest BCUT2D eigenvalue weighted by Gasteiger charge is 2.19. The van der Waals surface area contributed by atoms with Crippen molar-refractivity contribution < 1.29 is 13.3 Å². The summed E-state index contributed by atoms with van der Waals surface area (Å²) in [5, 5.41) is 0. The summed E-state index contributed by atoms with van der Waals surface area (Å²) in [7, 11) is -3.73. The van der Waals surface area contributed by atoms with Crippen LogP contribution in [0.5, 0.6) is 0 Å². The maximum absolute atomic E-state index is 12.9. The van der Waals surface area contributed by atoms with E-state index in [0.717, 1.165) is 18.8 Å². The molecule has 0 bridgehead atoms. The van der Waals surface area contributed by atoms with Gasteiger partial charge in [-0.3, -0.25) is 4.57 Å². The SMILES string of the molecule is CCP(=O)(F)OCCCC1CCCC1. The monoisotopic (exact) mass is 222 g/mol. The molecule has 14 heavy (non-hydrogen) atoms. The molecule has 2 nitrogen and oxygen atoms in total. The van der Waals surface area contributed by atoms with E-state index in [9.17, 15) is 8.76 Å². The molecule has 1 saturated carbocycles. The summed E-state index contributed by atoms with van der Waals surface area (Å²) in [5.74, 6) is 0.805. The Labute approximate surface area is 85.8 Å². The maximum Gasteiger partial charge on any atom is 0.367 e. The topological polar surface area (TPSA) is 26.3 Å². The van der Waals surface area contributed by atoms with Crippen LogP contribution in [0.25, 0.3) is 0 Å². The molecule has 0 aliphatic heterocycles. The summed E-state index contributed by atoms with van der Waals surface area (Å²) in [4.78, 5) is 0. The minimum Gasteiger partial charge on any atom is -0.306 e. The molecule has 0 N–H and O–H groups in total. The predicted octanol–water partition coefficient (Wildman–Crippen LogP) is 4.16. The van der Waals surface area contributed by atoms with Crippen molar-refractivity contribution in [1.29, 1.82) is 0 Å². The first-order valence-corrected chi connectivity index (χ1v) is 7.27. The Morgan fingerprint density at radius 2 is 2.07 bits per heavy atom. The zero-order valence-corrected chi connectivity index (χ0v) is 9.77. The molecular weight excluding hydrogens is 202 g/mol. The van der Waals surface area contributed by atoms with Crippen molar-refractivity contribution in [3.05, 3.63) is 0 Å². The molecule has 1 aliphatic rings. The van der Waals surface area contributed by atoms with Crippen molar-refractivity contribution in [3.8, 4) is 0 Å². The molecule has 1 rings (SSSR count). The molecule has 0 amide bonds. The fraction of sp³-hybridized carbons (Fsp3) is 1.00. The first-order valence-electron chi connectivity index (χ1n) is 5.57. The molecular formula is C10H20FO2P. The van der Waals surface area contributed by atoms with Gasteiger partial charge < -0.3 is 4.52 Å². The van der Waals surface area contributed by atoms with Crippen LogP contribution in [-0.2, 0) is 9.09 Å². The van der Waals surface area contributed by atoms with Crippen LogP contribution in [0.3, 0.4) is 0 Å². The van der Waals surface area contributed by atoms with Crippen LogP contribution in [0, 0.1) is 5.92 Å². The number of hydrogen-bond donors (Lipinski definition) is 0. The van der Waals surface area contributed by atoms with Crippen molar-refractivity contribution >= 4 is 7.68 Å². The summed E-state index contributed by atoms with van der Waals surface area (Å²) >= 11 is 0. The highest BCUT2D eigenvalue weighted by atomic mass is 31.2. The van der Waals surface area contributed by atoms with Crippen LogP contribution in [0.1, 0.15) is 45.4 Å². The Kier molecular flexibility index (Phi) is 5.11. The highest BCUT2D eigenvalue weighted by molar-refractivity contribution is 7.53. The smallest absolute Gasteiger partial charge is 0.306 e. The van der Waals surface area contributed by atoms with Crippen molar-refractivity contribution in [2.24, 2.45) is 5.92 Å². The third-order valence-electron chi connectivity index (χ3n) is 2.89. The molecule has 0 saturated heterocycles. The maximum atomic E-state index is 12.9. The van der Waals surface area contributed by atoms with Gasteiger partial charge in [-0.1, -0.05) is 32.6 Å². The third kappa shape index (κ3) is 4.56. The lowest BCUT2D eigenvalue weighted by molar-refractivity contribution is 0.270. The van der Waals surface area contributed by atoms with E-state index in [1.807, 2.05) is 0 Å². The van der Waals surface area contributed by atoms with Crippen LogP contribution in [0.15, 0.2) is 0 Å². The lowest BCUT2D eigenvalue weighted by atomic mass is 10.0. The van der Waals surface area contributed by atoms with Crippen molar-refractivity contribution in [1.82, 2.24) is 0 Å². The Balaban J connectivity index is 2.01. The summed E-state index contributed by atoms with van der Waals surface area (Å²) in [6.45, 7) is 1.87. The van der Waals surface area contributed by atoms with Crippen molar-refractivity contribution in [2.75, 3.05) is 12.8 Å². The van der Waals surface area contributed by atoms with Crippen molar-refractivity contribution in [2.45, 2.75) is 45.4 Å². The Hall–Kier alpha value is 0.120. The molecule has 0 spiro atoms. The average Bonchev–Trinajstić information content (AvgIpc) is 2.65. The quantitative estimate of drug-likeness (QED) is 0.498. The first kappa shape index (κ1) is 12.2. The van der Waals surface area contributed by atoms with Crippen LogP contribution >= 0.6 is 7.68 Å². The lowest BCUT2D eigenvalue weighted by Gasteiger charge is -2.10. The molecule has 0 aromatic carbocycles. The fourth-order valence-electron chi connectivity index (χ4n) is 1.96. The Morgan fingerprint density at radius 3 is 2.64 bits per heavy atom.